The molecule has 6 nitrogen and oxygen atoms in total. The smallest absolute Gasteiger partial charge is 0.222 e. The summed E-state index contributed by atoms with van der Waals surface area (Å²) in [6, 6.07) is 6.66. The number of halogens is 2. The second-order valence-electron chi connectivity index (χ2n) is 4.27. The fraction of sp³-hybridized carbons (Fsp3) is 0. The first-order valence-corrected chi connectivity index (χ1v) is 6.32. The number of anilines is 2. The summed E-state index contributed by atoms with van der Waals surface area (Å²) in [5.74, 6) is 5.30. The summed E-state index contributed by atoms with van der Waals surface area (Å²) in [6.45, 7) is 0. The van der Waals surface area contributed by atoms with E-state index < -0.39 is 5.82 Å². The average Bonchev–Trinajstić information content (AvgIpc) is 2.49. The van der Waals surface area contributed by atoms with E-state index in [1.54, 1.807) is 18.2 Å². The van der Waals surface area contributed by atoms with Crippen molar-refractivity contribution >= 4 is 34.3 Å². The number of hydrogen-bond donors (Lipinski definition) is 3. The normalized spacial score (nSPS) is 10.8. The van der Waals surface area contributed by atoms with Gasteiger partial charge in [-0.1, -0.05) is 17.7 Å². The molecule has 0 amide bonds. The Balaban J connectivity index is 2.26. The Morgan fingerprint density at radius 2 is 2.00 bits per heavy atom. The van der Waals surface area contributed by atoms with Gasteiger partial charge in [-0.3, -0.25) is 0 Å². The van der Waals surface area contributed by atoms with Crippen molar-refractivity contribution in [1.29, 1.82) is 0 Å². The summed E-state index contributed by atoms with van der Waals surface area (Å²) in [4.78, 5) is 11.8. The van der Waals surface area contributed by atoms with Crippen molar-refractivity contribution in [1.82, 2.24) is 15.0 Å². The molecule has 3 rings (SSSR count). The van der Waals surface area contributed by atoms with Crippen LogP contribution in [0.15, 0.2) is 30.5 Å². The summed E-state index contributed by atoms with van der Waals surface area (Å²) in [5.41, 5.74) is 9.58. The molecule has 0 atom stereocenters. The van der Waals surface area contributed by atoms with Gasteiger partial charge in [-0.25, -0.2) is 20.2 Å². The summed E-state index contributed by atoms with van der Waals surface area (Å²) in [6.07, 6.45) is 1.44. The Kier molecular flexibility index (Phi) is 3.28. The van der Waals surface area contributed by atoms with Gasteiger partial charge in [-0.2, -0.15) is 4.98 Å². The van der Waals surface area contributed by atoms with Crippen LogP contribution in [-0.4, -0.2) is 15.0 Å². The molecule has 0 aliphatic heterocycles. The minimum Gasteiger partial charge on any atom is -0.368 e. The highest BCUT2D eigenvalue weighted by Crippen LogP contribution is 2.30. The number of nitrogens with zero attached hydrogens (tertiary/aromatic N) is 3. The van der Waals surface area contributed by atoms with E-state index in [2.05, 4.69) is 20.4 Å². The Labute approximate surface area is 123 Å². The lowest BCUT2D eigenvalue weighted by atomic mass is 10.0. The summed E-state index contributed by atoms with van der Waals surface area (Å²) in [5, 5.41) is 0.440. The van der Waals surface area contributed by atoms with E-state index in [9.17, 15) is 4.39 Å². The van der Waals surface area contributed by atoms with Gasteiger partial charge in [0.05, 0.1) is 5.52 Å². The van der Waals surface area contributed by atoms with Crippen LogP contribution in [0.1, 0.15) is 0 Å². The molecular weight excluding hydrogens is 295 g/mol. The third-order valence-electron chi connectivity index (χ3n) is 3.01. The predicted molar refractivity (Wildman–Crippen MR) is 80.0 cm³/mol. The molecule has 0 aliphatic carbocycles. The molecule has 0 spiro atoms. The first-order valence-electron chi connectivity index (χ1n) is 5.94. The lowest BCUT2D eigenvalue weighted by molar-refractivity contribution is 0.625. The van der Waals surface area contributed by atoms with Crippen molar-refractivity contribution in [3.05, 3.63) is 41.4 Å². The molecular formula is C13H10ClFN6. The Hall–Kier alpha value is -2.51. The minimum atomic E-state index is -0.586. The first kappa shape index (κ1) is 13.5. The fourth-order valence-corrected chi connectivity index (χ4v) is 2.22. The number of pyridine rings is 1. The Bertz CT molecular complexity index is 838. The molecule has 2 heterocycles. The SMILES string of the molecule is NNc1nc(N)nc2ccc(-c3ccnc(Cl)c3F)cc12. The molecule has 0 fully saturated rings. The van der Waals surface area contributed by atoms with Gasteiger partial charge in [0.15, 0.2) is 16.8 Å². The van der Waals surface area contributed by atoms with Gasteiger partial charge in [0.25, 0.3) is 0 Å². The standard InChI is InChI=1S/C13H10ClFN6/c14-11-10(15)7(3-4-18-11)6-1-2-9-8(5-6)12(21-17)20-13(16)19-9/h1-5H,17H2,(H3,16,19,20,21). The zero-order valence-electron chi connectivity index (χ0n) is 10.6. The van der Waals surface area contributed by atoms with E-state index >= 15 is 0 Å². The maximum atomic E-state index is 14.0. The highest BCUT2D eigenvalue weighted by molar-refractivity contribution is 6.29. The van der Waals surface area contributed by atoms with Crippen LogP contribution < -0.4 is 17.0 Å². The van der Waals surface area contributed by atoms with Gasteiger partial charge in [0.2, 0.25) is 5.95 Å². The molecule has 0 unspecified atom stereocenters. The molecule has 5 N–H and O–H groups in total. The zero-order chi connectivity index (χ0) is 15.0. The van der Waals surface area contributed by atoms with Gasteiger partial charge in [-0.05, 0) is 23.8 Å². The van der Waals surface area contributed by atoms with Crippen LogP contribution in [0.3, 0.4) is 0 Å². The lowest BCUT2D eigenvalue weighted by Gasteiger charge is -2.09. The number of nitrogens with one attached hydrogen (secondary N) is 1. The Morgan fingerprint density at radius 3 is 2.76 bits per heavy atom. The molecule has 1 aromatic carbocycles. The zero-order valence-corrected chi connectivity index (χ0v) is 11.4. The maximum Gasteiger partial charge on any atom is 0.222 e. The fourth-order valence-electron chi connectivity index (χ4n) is 2.07. The largest absolute Gasteiger partial charge is 0.368 e. The second kappa shape index (κ2) is 5.12. The van der Waals surface area contributed by atoms with Crippen LogP contribution >= 0.6 is 11.6 Å². The molecule has 0 saturated carbocycles. The number of hydrogen-bond acceptors (Lipinski definition) is 6. The topological polar surface area (TPSA) is 103 Å². The third kappa shape index (κ3) is 2.32. The number of nitrogen functional groups attached to an aromatic ring is 2. The van der Waals surface area contributed by atoms with Crippen molar-refractivity contribution in [3.63, 3.8) is 0 Å². The van der Waals surface area contributed by atoms with Crippen LogP contribution in [0.4, 0.5) is 16.2 Å². The number of aromatic nitrogens is 3. The van der Waals surface area contributed by atoms with E-state index in [1.165, 1.54) is 12.3 Å². The average molecular weight is 305 g/mol. The summed E-state index contributed by atoms with van der Waals surface area (Å²) in [7, 11) is 0. The molecule has 0 saturated heterocycles. The van der Waals surface area contributed by atoms with E-state index in [0.717, 1.165) is 0 Å². The van der Waals surface area contributed by atoms with Crippen molar-refractivity contribution in [3.8, 4) is 11.1 Å². The first-order chi connectivity index (χ1) is 10.1. The molecule has 8 heteroatoms. The van der Waals surface area contributed by atoms with Crippen molar-refractivity contribution in [2.24, 2.45) is 5.84 Å². The highest BCUT2D eigenvalue weighted by Gasteiger charge is 2.12. The van der Waals surface area contributed by atoms with Gasteiger partial charge < -0.3 is 11.2 Å². The summed E-state index contributed by atoms with van der Waals surface area (Å²) >= 11 is 5.70. The van der Waals surface area contributed by atoms with E-state index in [1.807, 2.05) is 0 Å². The second-order valence-corrected chi connectivity index (χ2v) is 4.63. The number of rotatable bonds is 2. The van der Waals surface area contributed by atoms with Crippen LogP contribution in [-0.2, 0) is 0 Å². The predicted octanol–water partition coefficient (Wildman–Crippen LogP) is 2.35. The molecule has 106 valence electrons. The number of hydrazine groups is 1. The van der Waals surface area contributed by atoms with Crippen LogP contribution in [0.2, 0.25) is 5.15 Å². The minimum absolute atomic E-state index is 0.0985. The van der Waals surface area contributed by atoms with E-state index in [4.69, 9.17) is 23.2 Å². The number of nitrogens with two attached hydrogens (primary N) is 2. The van der Waals surface area contributed by atoms with Crippen LogP contribution in [0.5, 0.6) is 0 Å². The van der Waals surface area contributed by atoms with Gasteiger partial charge in [0, 0.05) is 17.1 Å². The molecule has 0 radical (unpaired) electrons. The quantitative estimate of drug-likeness (QED) is 0.381. The lowest BCUT2D eigenvalue weighted by Crippen LogP contribution is -2.11. The molecule has 21 heavy (non-hydrogen) atoms. The third-order valence-corrected chi connectivity index (χ3v) is 3.27. The maximum absolute atomic E-state index is 14.0. The molecule has 0 bridgehead atoms. The molecule has 2 aromatic heterocycles. The van der Waals surface area contributed by atoms with Crippen LogP contribution in [0.25, 0.3) is 22.0 Å². The molecule has 3 aromatic rings. The van der Waals surface area contributed by atoms with Crippen molar-refractivity contribution < 1.29 is 4.39 Å². The highest BCUT2D eigenvalue weighted by atomic mass is 35.5. The summed E-state index contributed by atoms with van der Waals surface area (Å²) < 4.78 is 14.0. The van der Waals surface area contributed by atoms with E-state index in [-0.39, 0.29) is 11.1 Å². The van der Waals surface area contributed by atoms with E-state index in [0.29, 0.717) is 27.8 Å². The van der Waals surface area contributed by atoms with Gasteiger partial charge in [0.1, 0.15) is 0 Å². The van der Waals surface area contributed by atoms with Crippen molar-refractivity contribution in [2.45, 2.75) is 0 Å². The van der Waals surface area contributed by atoms with Crippen molar-refractivity contribution in [2.75, 3.05) is 11.2 Å². The Morgan fingerprint density at radius 1 is 1.19 bits per heavy atom. The number of fused-ring (bicyclic) bond motifs is 1. The number of benzene rings is 1. The van der Waals surface area contributed by atoms with Crippen LogP contribution in [0, 0.1) is 5.82 Å². The molecule has 0 aliphatic rings. The van der Waals surface area contributed by atoms with Gasteiger partial charge in [-0.15, -0.1) is 0 Å². The van der Waals surface area contributed by atoms with Gasteiger partial charge >= 0.3 is 0 Å². The monoisotopic (exact) mass is 304 g/mol.